The van der Waals surface area contributed by atoms with Crippen LogP contribution < -0.4 is 4.72 Å². The number of hydrogen-bond donors (Lipinski definition) is 2. The first-order valence-corrected chi connectivity index (χ1v) is 6.94. The van der Waals surface area contributed by atoms with Crippen LogP contribution in [0.4, 0.5) is 10.1 Å². The number of aromatic amines is 1. The normalized spacial score (nSPS) is 11.4. The highest BCUT2D eigenvalue weighted by molar-refractivity contribution is 7.89. The molecule has 0 aliphatic heterocycles. The topological polar surface area (TPSA) is 105 Å². The lowest BCUT2D eigenvalue weighted by Gasteiger charge is -2.06. The molecule has 0 saturated heterocycles. The Labute approximate surface area is 113 Å². The highest BCUT2D eigenvalue weighted by Gasteiger charge is 2.22. The minimum atomic E-state index is -4.17. The second-order valence-corrected chi connectivity index (χ2v) is 5.65. The maximum Gasteiger partial charge on any atom is 0.270 e. The standard InChI is InChI=1S/C11H10FN3O4S/c12-10-2-1-9(15(16)17)5-11(10)20(18,19)14-7-8-3-4-13-6-8/h1-6,13-14H,7H2. The van der Waals surface area contributed by atoms with E-state index in [1.54, 1.807) is 18.5 Å². The summed E-state index contributed by atoms with van der Waals surface area (Å²) in [4.78, 5) is 11.8. The molecule has 9 heteroatoms. The predicted molar refractivity (Wildman–Crippen MR) is 67.9 cm³/mol. The van der Waals surface area contributed by atoms with Crippen LogP contribution in [-0.4, -0.2) is 18.3 Å². The van der Waals surface area contributed by atoms with Gasteiger partial charge in [0.15, 0.2) is 0 Å². The lowest BCUT2D eigenvalue weighted by atomic mass is 10.3. The van der Waals surface area contributed by atoms with Crippen molar-refractivity contribution < 1.29 is 17.7 Å². The first kappa shape index (κ1) is 14.2. The highest BCUT2D eigenvalue weighted by atomic mass is 32.2. The van der Waals surface area contributed by atoms with E-state index < -0.39 is 31.3 Å². The lowest BCUT2D eigenvalue weighted by molar-refractivity contribution is -0.385. The summed E-state index contributed by atoms with van der Waals surface area (Å²) in [7, 11) is -4.17. The number of nitrogens with one attached hydrogen (secondary N) is 2. The molecular weight excluding hydrogens is 289 g/mol. The molecule has 0 aliphatic carbocycles. The number of nitro groups is 1. The number of non-ortho nitro benzene ring substituents is 1. The predicted octanol–water partition coefficient (Wildman–Crippen LogP) is 1.54. The van der Waals surface area contributed by atoms with Gasteiger partial charge in [-0.1, -0.05) is 0 Å². The van der Waals surface area contributed by atoms with Crippen LogP contribution in [0.1, 0.15) is 5.56 Å². The molecule has 7 nitrogen and oxygen atoms in total. The van der Waals surface area contributed by atoms with Crippen LogP contribution in [0.3, 0.4) is 0 Å². The van der Waals surface area contributed by atoms with E-state index >= 15 is 0 Å². The van der Waals surface area contributed by atoms with Gasteiger partial charge in [-0.15, -0.1) is 0 Å². The van der Waals surface area contributed by atoms with Gasteiger partial charge in [0.1, 0.15) is 10.7 Å². The molecular formula is C11H10FN3O4S. The molecule has 0 radical (unpaired) electrons. The molecule has 0 aliphatic rings. The van der Waals surface area contributed by atoms with Gasteiger partial charge in [0.05, 0.1) is 4.92 Å². The van der Waals surface area contributed by atoms with E-state index in [-0.39, 0.29) is 6.54 Å². The molecule has 0 atom stereocenters. The summed E-state index contributed by atoms with van der Waals surface area (Å²) in [5, 5.41) is 10.6. The number of nitrogens with zero attached hydrogens (tertiary/aromatic N) is 1. The molecule has 0 amide bonds. The van der Waals surface area contributed by atoms with E-state index in [9.17, 15) is 22.9 Å². The van der Waals surface area contributed by atoms with Gasteiger partial charge < -0.3 is 4.98 Å². The van der Waals surface area contributed by atoms with Crippen molar-refractivity contribution in [2.45, 2.75) is 11.4 Å². The molecule has 1 aromatic heterocycles. The van der Waals surface area contributed by atoms with Gasteiger partial charge in [-0.2, -0.15) is 0 Å². The summed E-state index contributed by atoms with van der Waals surface area (Å²) >= 11 is 0. The molecule has 0 fully saturated rings. The molecule has 106 valence electrons. The summed E-state index contributed by atoms with van der Waals surface area (Å²) < 4.78 is 39.6. The van der Waals surface area contributed by atoms with Gasteiger partial charge >= 0.3 is 0 Å². The van der Waals surface area contributed by atoms with Gasteiger partial charge in [0, 0.05) is 31.1 Å². The minimum absolute atomic E-state index is 0.0477. The van der Waals surface area contributed by atoms with Crippen LogP contribution in [0.15, 0.2) is 41.6 Å². The maximum absolute atomic E-state index is 13.5. The summed E-state index contributed by atoms with van der Waals surface area (Å²) in [6.45, 7) is -0.0477. The summed E-state index contributed by atoms with van der Waals surface area (Å²) in [6.07, 6.45) is 3.18. The largest absolute Gasteiger partial charge is 0.367 e. The van der Waals surface area contributed by atoms with E-state index in [0.29, 0.717) is 11.6 Å². The fourth-order valence-electron chi connectivity index (χ4n) is 1.54. The van der Waals surface area contributed by atoms with Crippen LogP contribution in [0.2, 0.25) is 0 Å². The second kappa shape index (κ2) is 5.39. The van der Waals surface area contributed by atoms with E-state index in [1.807, 2.05) is 0 Å². The molecule has 0 bridgehead atoms. The van der Waals surface area contributed by atoms with Crippen LogP contribution in [0.25, 0.3) is 0 Å². The third kappa shape index (κ3) is 3.00. The molecule has 1 aromatic carbocycles. The van der Waals surface area contributed by atoms with Crippen molar-refractivity contribution in [3.05, 3.63) is 58.2 Å². The quantitative estimate of drug-likeness (QED) is 0.645. The van der Waals surface area contributed by atoms with Gasteiger partial charge in [-0.05, 0) is 17.7 Å². The average Bonchev–Trinajstić information content (AvgIpc) is 2.89. The average molecular weight is 299 g/mol. The van der Waals surface area contributed by atoms with Crippen molar-refractivity contribution in [2.75, 3.05) is 0 Å². The number of sulfonamides is 1. The Hall–Kier alpha value is -2.26. The Kier molecular flexibility index (Phi) is 3.81. The van der Waals surface area contributed by atoms with E-state index in [2.05, 4.69) is 9.71 Å². The van der Waals surface area contributed by atoms with Crippen LogP contribution in [0, 0.1) is 15.9 Å². The summed E-state index contributed by atoms with van der Waals surface area (Å²) in [5.41, 5.74) is 0.160. The lowest BCUT2D eigenvalue weighted by Crippen LogP contribution is -2.24. The molecule has 2 N–H and O–H groups in total. The number of rotatable bonds is 5. The van der Waals surface area contributed by atoms with Gasteiger partial charge in [0.2, 0.25) is 10.0 Å². The van der Waals surface area contributed by atoms with Crippen molar-refractivity contribution in [3.8, 4) is 0 Å². The number of nitro benzene ring substituents is 1. The zero-order chi connectivity index (χ0) is 14.8. The number of H-pyrrole nitrogens is 1. The maximum atomic E-state index is 13.5. The SMILES string of the molecule is O=[N+]([O-])c1ccc(F)c(S(=O)(=O)NCc2cc[nH]c2)c1. The molecule has 0 spiro atoms. The fraction of sp³-hybridized carbons (Fsp3) is 0.0909. The molecule has 0 unspecified atom stereocenters. The third-order valence-electron chi connectivity index (χ3n) is 2.54. The number of benzene rings is 1. The molecule has 2 aromatic rings. The molecule has 20 heavy (non-hydrogen) atoms. The Balaban J connectivity index is 2.28. The van der Waals surface area contributed by atoms with E-state index in [0.717, 1.165) is 12.1 Å². The van der Waals surface area contributed by atoms with Crippen molar-refractivity contribution in [3.63, 3.8) is 0 Å². The Morgan fingerprint density at radius 3 is 2.70 bits per heavy atom. The van der Waals surface area contributed by atoms with Gasteiger partial charge in [-0.3, -0.25) is 10.1 Å². The fourth-order valence-corrected chi connectivity index (χ4v) is 2.65. The van der Waals surface area contributed by atoms with Crippen LogP contribution in [-0.2, 0) is 16.6 Å². The zero-order valence-electron chi connectivity index (χ0n) is 10.0. The van der Waals surface area contributed by atoms with Crippen LogP contribution >= 0.6 is 0 Å². The zero-order valence-corrected chi connectivity index (χ0v) is 10.9. The van der Waals surface area contributed by atoms with E-state index in [4.69, 9.17) is 0 Å². The van der Waals surface area contributed by atoms with Crippen molar-refractivity contribution >= 4 is 15.7 Å². The number of aromatic nitrogens is 1. The smallest absolute Gasteiger partial charge is 0.270 e. The van der Waals surface area contributed by atoms with Gasteiger partial charge in [-0.25, -0.2) is 17.5 Å². The summed E-state index contributed by atoms with van der Waals surface area (Å²) in [6, 6.07) is 3.99. The van der Waals surface area contributed by atoms with Crippen LogP contribution in [0.5, 0.6) is 0 Å². The van der Waals surface area contributed by atoms with Crippen molar-refractivity contribution in [2.24, 2.45) is 0 Å². The number of halogens is 1. The first-order chi connectivity index (χ1) is 9.40. The van der Waals surface area contributed by atoms with Crippen molar-refractivity contribution in [1.82, 2.24) is 9.71 Å². The van der Waals surface area contributed by atoms with Gasteiger partial charge in [0.25, 0.3) is 5.69 Å². The minimum Gasteiger partial charge on any atom is -0.367 e. The first-order valence-electron chi connectivity index (χ1n) is 5.45. The number of hydrogen-bond acceptors (Lipinski definition) is 4. The Bertz CT molecular complexity index is 728. The Morgan fingerprint density at radius 1 is 1.35 bits per heavy atom. The molecule has 2 rings (SSSR count). The van der Waals surface area contributed by atoms with Crippen molar-refractivity contribution in [1.29, 1.82) is 0 Å². The highest BCUT2D eigenvalue weighted by Crippen LogP contribution is 2.21. The second-order valence-electron chi connectivity index (χ2n) is 3.92. The monoisotopic (exact) mass is 299 g/mol. The van der Waals surface area contributed by atoms with E-state index in [1.165, 1.54) is 0 Å². The summed E-state index contributed by atoms with van der Waals surface area (Å²) in [5.74, 6) is -1.04. The third-order valence-corrected chi connectivity index (χ3v) is 3.96. The molecule has 0 saturated carbocycles. The molecule has 1 heterocycles. The Morgan fingerprint density at radius 2 is 2.10 bits per heavy atom.